The highest BCUT2D eigenvalue weighted by Crippen LogP contribution is 2.41. The first kappa shape index (κ1) is 17.8. The van der Waals surface area contributed by atoms with Gasteiger partial charge in [0, 0.05) is 6.04 Å². The number of nitrogens with one attached hydrogen (secondary N) is 1. The summed E-state index contributed by atoms with van der Waals surface area (Å²) in [5, 5.41) is 3.50. The molecule has 4 heteroatoms. The molecule has 1 aliphatic carbocycles. The van der Waals surface area contributed by atoms with Gasteiger partial charge in [0.15, 0.2) is 0 Å². The van der Waals surface area contributed by atoms with Crippen LogP contribution in [0.25, 0.3) is 0 Å². The largest absolute Gasteiger partial charge is 0.391 e. The predicted molar refractivity (Wildman–Crippen MR) is 77.7 cm³/mol. The fourth-order valence-electron chi connectivity index (χ4n) is 3.24. The topological polar surface area (TPSA) is 12.0 Å². The van der Waals surface area contributed by atoms with Crippen LogP contribution in [0.1, 0.15) is 65.7 Å². The molecule has 1 saturated carbocycles. The van der Waals surface area contributed by atoms with Crippen LogP contribution in [0.2, 0.25) is 0 Å². The molecule has 0 saturated heterocycles. The van der Waals surface area contributed by atoms with Crippen LogP contribution in [0.15, 0.2) is 0 Å². The zero-order chi connectivity index (χ0) is 15.2. The second-order valence-corrected chi connectivity index (χ2v) is 6.70. The smallest absolute Gasteiger partial charge is 0.314 e. The highest BCUT2D eigenvalue weighted by molar-refractivity contribution is 4.85. The van der Waals surface area contributed by atoms with Crippen LogP contribution in [0.5, 0.6) is 0 Å². The van der Waals surface area contributed by atoms with Crippen LogP contribution < -0.4 is 5.32 Å². The molecule has 120 valence electrons. The Balaban J connectivity index is 2.58. The molecule has 1 N–H and O–H groups in total. The molecular formula is C16H30F3N. The van der Waals surface area contributed by atoms with Gasteiger partial charge in [0.1, 0.15) is 0 Å². The fraction of sp³-hybridized carbons (Fsp3) is 1.00. The van der Waals surface area contributed by atoms with Gasteiger partial charge in [0.2, 0.25) is 0 Å². The zero-order valence-corrected chi connectivity index (χ0v) is 13.1. The molecule has 0 spiro atoms. The lowest BCUT2D eigenvalue weighted by atomic mass is 9.76. The average Bonchev–Trinajstić information content (AvgIpc) is 2.38. The lowest BCUT2D eigenvalue weighted by molar-refractivity contribution is -0.186. The van der Waals surface area contributed by atoms with E-state index >= 15 is 0 Å². The van der Waals surface area contributed by atoms with E-state index in [0.29, 0.717) is 18.8 Å². The van der Waals surface area contributed by atoms with Gasteiger partial charge in [0.05, 0.1) is 5.92 Å². The third-order valence-corrected chi connectivity index (χ3v) is 4.46. The predicted octanol–water partition coefficient (Wildman–Crippen LogP) is 5.16. The first-order valence-electron chi connectivity index (χ1n) is 8.14. The van der Waals surface area contributed by atoms with Crippen LogP contribution >= 0.6 is 0 Å². The van der Waals surface area contributed by atoms with E-state index in [2.05, 4.69) is 26.1 Å². The number of rotatable bonds is 7. The van der Waals surface area contributed by atoms with Gasteiger partial charge in [-0.3, -0.25) is 0 Å². The Morgan fingerprint density at radius 2 is 1.85 bits per heavy atom. The van der Waals surface area contributed by atoms with Gasteiger partial charge in [-0.15, -0.1) is 0 Å². The summed E-state index contributed by atoms with van der Waals surface area (Å²) in [6.45, 7) is 7.37. The molecule has 0 radical (unpaired) electrons. The molecule has 0 aromatic carbocycles. The molecule has 0 bridgehead atoms. The molecule has 1 fully saturated rings. The van der Waals surface area contributed by atoms with Crippen molar-refractivity contribution in [2.75, 3.05) is 6.54 Å². The molecule has 1 aliphatic rings. The third kappa shape index (κ3) is 6.02. The van der Waals surface area contributed by atoms with Crippen molar-refractivity contribution in [2.45, 2.75) is 77.9 Å². The van der Waals surface area contributed by atoms with E-state index in [1.807, 2.05) is 0 Å². The Morgan fingerprint density at radius 1 is 1.15 bits per heavy atom. The van der Waals surface area contributed by atoms with Crippen LogP contribution in [0.4, 0.5) is 13.2 Å². The van der Waals surface area contributed by atoms with Gasteiger partial charge in [-0.2, -0.15) is 13.2 Å². The van der Waals surface area contributed by atoms with Crippen molar-refractivity contribution in [3.63, 3.8) is 0 Å². The summed E-state index contributed by atoms with van der Waals surface area (Å²) in [5.74, 6) is -0.269. The van der Waals surface area contributed by atoms with Crippen LogP contribution in [0, 0.1) is 17.8 Å². The molecule has 1 rings (SSSR count). The van der Waals surface area contributed by atoms with Gasteiger partial charge in [0.25, 0.3) is 0 Å². The summed E-state index contributed by atoms with van der Waals surface area (Å²) in [4.78, 5) is 0. The monoisotopic (exact) mass is 293 g/mol. The van der Waals surface area contributed by atoms with Crippen molar-refractivity contribution < 1.29 is 13.2 Å². The van der Waals surface area contributed by atoms with Gasteiger partial charge >= 0.3 is 6.18 Å². The van der Waals surface area contributed by atoms with E-state index in [4.69, 9.17) is 0 Å². The van der Waals surface area contributed by atoms with Crippen LogP contribution in [-0.2, 0) is 0 Å². The highest BCUT2D eigenvalue weighted by Gasteiger charge is 2.43. The molecule has 3 atom stereocenters. The number of hydrogen-bond donors (Lipinski definition) is 1. The molecule has 3 unspecified atom stereocenters. The van der Waals surface area contributed by atoms with E-state index in [1.165, 1.54) is 0 Å². The second-order valence-electron chi connectivity index (χ2n) is 6.70. The fourth-order valence-corrected chi connectivity index (χ4v) is 3.24. The van der Waals surface area contributed by atoms with E-state index in [-0.39, 0.29) is 12.0 Å². The maximum Gasteiger partial charge on any atom is 0.391 e. The Hall–Kier alpha value is -0.250. The maximum atomic E-state index is 12.9. The molecular weight excluding hydrogens is 263 g/mol. The SMILES string of the molecule is CCCNC(CCC(C)C)C1CCCC(C(F)(F)F)C1. The Kier molecular flexibility index (Phi) is 7.35. The van der Waals surface area contributed by atoms with Crippen molar-refractivity contribution in [3.05, 3.63) is 0 Å². The van der Waals surface area contributed by atoms with E-state index < -0.39 is 12.1 Å². The van der Waals surface area contributed by atoms with E-state index in [1.54, 1.807) is 0 Å². The summed E-state index contributed by atoms with van der Waals surface area (Å²) in [6.07, 6.45) is 1.45. The van der Waals surface area contributed by atoms with E-state index in [0.717, 1.165) is 38.6 Å². The van der Waals surface area contributed by atoms with Crippen molar-refractivity contribution in [2.24, 2.45) is 17.8 Å². The normalized spacial score (nSPS) is 25.9. The summed E-state index contributed by atoms with van der Waals surface area (Å²) in [7, 11) is 0. The highest BCUT2D eigenvalue weighted by atomic mass is 19.4. The third-order valence-electron chi connectivity index (χ3n) is 4.46. The number of hydrogen-bond acceptors (Lipinski definition) is 1. The van der Waals surface area contributed by atoms with Crippen molar-refractivity contribution >= 4 is 0 Å². The van der Waals surface area contributed by atoms with Crippen molar-refractivity contribution in [3.8, 4) is 0 Å². The molecule has 0 aromatic heterocycles. The molecule has 0 heterocycles. The van der Waals surface area contributed by atoms with Gasteiger partial charge in [-0.1, -0.05) is 27.2 Å². The second kappa shape index (κ2) is 8.26. The first-order valence-corrected chi connectivity index (χ1v) is 8.14. The van der Waals surface area contributed by atoms with Crippen molar-refractivity contribution in [1.82, 2.24) is 5.32 Å². The van der Waals surface area contributed by atoms with Gasteiger partial charge < -0.3 is 5.32 Å². The lowest BCUT2D eigenvalue weighted by Crippen LogP contribution is -2.41. The minimum Gasteiger partial charge on any atom is -0.314 e. The Bertz CT molecular complexity index is 263. The van der Waals surface area contributed by atoms with Crippen molar-refractivity contribution in [1.29, 1.82) is 0 Å². The standard InChI is InChI=1S/C16H30F3N/c1-4-10-20-15(9-8-12(2)3)13-6-5-7-14(11-13)16(17,18)19/h12-15,20H,4-11H2,1-3H3. The van der Waals surface area contributed by atoms with Crippen LogP contribution in [0.3, 0.4) is 0 Å². The number of halogens is 3. The molecule has 0 aliphatic heterocycles. The lowest BCUT2D eigenvalue weighted by Gasteiger charge is -2.36. The minimum absolute atomic E-state index is 0.195. The Morgan fingerprint density at radius 3 is 2.40 bits per heavy atom. The molecule has 0 aromatic rings. The first-order chi connectivity index (χ1) is 9.34. The number of alkyl halides is 3. The molecule has 1 nitrogen and oxygen atoms in total. The Labute approximate surface area is 121 Å². The zero-order valence-electron chi connectivity index (χ0n) is 13.1. The summed E-state index contributed by atoms with van der Waals surface area (Å²) in [5.41, 5.74) is 0. The van der Waals surface area contributed by atoms with E-state index in [9.17, 15) is 13.2 Å². The van der Waals surface area contributed by atoms with Gasteiger partial charge in [-0.25, -0.2) is 0 Å². The maximum absolute atomic E-state index is 12.9. The minimum atomic E-state index is -4.01. The average molecular weight is 293 g/mol. The summed E-state index contributed by atoms with van der Waals surface area (Å²) < 4.78 is 38.8. The summed E-state index contributed by atoms with van der Waals surface area (Å²) in [6, 6.07) is 0.266. The molecule has 20 heavy (non-hydrogen) atoms. The summed E-state index contributed by atoms with van der Waals surface area (Å²) >= 11 is 0. The molecule has 0 amide bonds. The van der Waals surface area contributed by atoms with Crippen LogP contribution in [-0.4, -0.2) is 18.8 Å². The van der Waals surface area contributed by atoms with Gasteiger partial charge in [-0.05, 0) is 56.9 Å². The quantitative estimate of drug-likeness (QED) is 0.683.